The maximum absolute atomic E-state index is 14.5. The highest BCUT2D eigenvalue weighted by molar-refractivity contribution is 8.00. The monoisotopic (exact) mass is 862 g/mol. The topological polar surface area (TPSA) is 164 Å². The number of aliphatic hydroxyl groups is 2. The number of esters is 2. The Labute approximate surface area is 338 Å². The van der Waals surface area contributed by atoms with E-state index in [1.54, 1.807) is 79.7 Å². The van der Waals surface area contributed by atoms with Crippen LogP contribution in [0, 0.1) is 0 Å². The van der Waals surface area contributed by atoms with Gasteiger partial charge in [-0.25, -0.2) is 9.59 Å². The Morgan fingerprint density at radius 3 is 1.20 bits per heavy atom. The van der Waals surface area contributed by atoms with Gasteiger partial charge in [-0.05, 0) is 106 Å². The largest absolute Gasteiger partial charge is 0.460 e. The Balaban J connectivity index is 2.60. The fraction of sp³-hybridized carbons (Fsp3) is 0.526. The van der Waals surface area contributed by atoms with Gasteiger partial charge < -0.3 is 37.8 Å². The molecule has 2 unspecified atom stereocenters. The predicted octanol–water partition coefficient (Wildman–Crippen LogP) is 8.32. The van der Waals surface area contributed by atoms with Crippen LogP contribution in [0.3, 0.4) is 0 Å². The number of hydrogen-bond donors (Lipinski definition) is 2. The van der Waals surface area contributed by atoms with Crippen molar-refractivity contribution < 1.29 is 56.5 Å². The number of aliphatic hydroxyl groups excluding tert-OH is 2. The molecule has 0 aliphatic heterocycles. The number of ether oxygens (including phenoxy) is 2. The zero-order valence-electron chi connectivity index (χ0n) is 33.3. The summed E-state index contributed by atoms with van der Waals surface area (Å²) in [5.74, 6) is -0.993. The quantitative estimate of drug-likeness (QED) is 0.0448. The fourth-order valence-corrected chi connectivity index (χ4v) is 12.2. The summed E-state index contributed by atoms with van der Waals surface area (Å²) in [4.78, 5) is 26.1. The Hall–Kier alpha value is -1.87. The molecule has 0 aliphatic carbocycles. The van der Waals surface area contributed by atoms with Crippen LogP contribution >= 0.6 is 50.5 Å². The molecule has 2 N–H and O–H groups in total. The molecule has 2 aromatic carbocycles. The van der Waals surface area contributed by atoms with Crippen molar-refractivity contribution in [1.29, 1.82) is 0 Å². The van der Waals surface area contributed by atoms with Crippen molar-refractivity contribution in [3.05, 3.63) is 60.7 Å². The highest BCUT2D eigenvalue weighted by Crippen LogP contribution is 2.54. The van der Waals surface area contributed by atoms with E-state index in [9.17, 15) is 28.9 Å². The first-order chi connectivity index (χ1) is 25.5. The van der Waals surface area contributed by atoms with Gasteiger partial charge in [0.2, 0.25) is 0 Å². The maximum atomic E-state index is 14.5. The van der Waals surface area contributed by atoms with Crippen molar-refractivity contribution in [2.24, 2.45) is 0 Å². The smallest absolute Gasteiger partial charge is 0.363 e. The molecule has 0 aromatic heterocycles. The molecule has 0 spiro atoms. The van der Waals surface area contributed by atoms with Crippen LogP contribution < -0.4 is 10.6 Å². The lowest BCUT2D eigenvalue weighted by atomic mass is 10.3. The van der Waals surface area contributed by atoms with Crippen LogP contribution in [-0.2, 0) is 46.3 Å². The number of carbonyl (C=O) groups excluding carboxylic acids is 2. The third-order valence-electron chi connectivity index (χ3n) is 6.46. The summed E-state index contributed by atoms with van der Waals surface area (Å²) in [5, 5.41) is 21.8. The highest BCUT2D eigenvalue weighted by Gasteiger charge is 2.36. The van der Waals surface area contributed by atoms with Crippen molar-refractivity contribution >= 4 is 73.0 Å². The van der Waals surface area contributed by atoms with E-state index in [-0.39, 0.29) is 35.9 Å². The summed E-state index contributed by atoms with van der Waals surface area (Å²) in [6.07, 6.45) is -3.86. The number of carbonyl (C=O) groups is 2. The average molecular weight is 863 g/mol. The minimum absolute atomic E-state index is 0.112. The lowest BCUT2D eigenvalue weighted by Crippen LogP contribution is -2.22. The van der Waals surface area contributed by atoms with Gasteiger partial charge in [0.05, 0.1) is 47.2 Å². The molecule has 0 heterocycles. The molecular formula is C38H56O12P2S3. The van der Waals surface area contributed by atoms with E-state index in [2.05, 4.69) is 13.2 Å². The van der Waals surface area contributed by atoms with Gasteiger partial charge in [-0.15, -0.1) is 23.5 Å². The van der Waals surface area contributed by atoms with Gasteiger partial charge in [-0.3, -0.25) is 9.13 Å². The third-order valence-corrected chi connectivity index (χ3v) is 14.9. The summed E-state index contributed by atoms with van der Waals surface area (Å²) >= 11 is 3.73. The van der Waals surface area contributed by atoms with E-state index in [1.807, 2.05) is 12.1 Å². The Bertz CT molecular complexity index is 1580. The Kier molecular flexibility index (Phi) is 20.5. The summed E-state index contributed by atoms with van der Waals surface area (Å²) in [7, 11) is -7.86. The van der Waals surface area contributed by atoms with Crippen LogP contribution in [0.4, 0.5) is 0 Å². The second-order valence-corrected chi connectivity index (χ2v) is 20.7. The molecule has 17 heteroatoms. The molecule has 2 aromatic rings. The molecule has 12 nitrogen and oxygen atoms in total. The molecule has 0 bridgehead atoms. The lowest BCUT2D eigenvalue weighted by molar-refractivity contribution is -0.142. The molecule has 0 radical (unpaired) electrons. The lowest BCUT2D eigenvalue weighted by Gasteiger charge is -2.26. The molecule has 0 amide bonds. The van der Waals surface area contributed by atoms with Crippen LogP contribution in [0.5, 0.6) is 0 Å². The average Bonchev–Trinajstić information content (AvgIpc) is 3.06. The van der Waals surface area contributed by atoms with E-state index in [4.69, 9.17) is 27.6 Å². The van der Waals surface area contributed by atoms with Crippen molar-refractivity contribution in [2.75, 3.05) is 24.7 Å². The highest BCUT2D eigenvalue weighted by atomic mass is 32.2. The molecule has 0 fully saturated rings. The van der Waals surface area contributed by atoms with Crippen LogP contribution in [0.25, 0.3) is 0 Å². The standard InChI is InChI=1S/C38H56O12P2S3/c1-23(2)37(41)45-19-29(39)21-53-35-15-13-31(17-33(35)51(43,47-25(5)6)48-26(7)8)55-32-14-16-36(54-22-30(40)20-46-38(42)24(3)4)34(18-32)52(44,49-27(9)10)50-28(11)12/h13-18,25-30,39-40H,1,3,19-22H2,2,4-12H3. The van der Waals surface area contributed by atoms with Gasteiger partial charge >= 0.3 is 27.1 Å². The van der Waals surface area contributed by atoms with Gasteiger partial charge in [0.15, 0.2) is 0 Å². The van der Waals surface area contributed by atoms with E-state index in [0.717, 1.165) is 0 Å². The number of thioether (sulfide) groups is 2. The Morgan fingerprint density at radius 2 is 0.927 bits per heavy atom. The van der Waals surface area contributed by atoms with Crippen LogP contribution in [0.2, 0.25) is 0 Å². The minimum atomic E-state index is -3.93. The maximum Gasteiger partial charge on any atom is 0.363 e. The van der Waals surface area contributed by atoms with E-state index in [1.165, 1.54) is 49.1 Å². The van der Waals surface area contributed by atoms with Gasteiger partial charge in [-0.2, -0.15) is 0 Å². The molecule has 0 saturated heterocycles. The summed E-state index contributed by atoms with van der Waals surface area (Å²) in [5.41, 5.74) is 0.433. The molecular weight excluding hydrogens is 807 g/mol. The predicted molar refractivity (Wildman–Crippen MR) is 221 cm³/mol. The summed E-state index contributed by atoms with van der Waals surface area (Å²) in [6, 6.07) is 10.6. The second-order valence-electron chi connectivity index (χ2n) is 13.7. The molecule has 0 aliphatic rings. The SMILES string of the molecule is C=C(C)C(=O)OCC(O)CSc1ccc(Sc2ccc(SCC(O)COC(=O)C(=C)C)c(P(=O)(OC(C)C)OC(C)C)c2)cc1P(=O)(OC(C)C)OC(C)C. The van der Waals surface area contributed by atoms with Crippen LogP contribution in [0.1, 0.15) is 69.2 Å². The molecule has 2 rings (SSSR count). The fourth-order valence-electron chi connectivity index (χ4n) is 4.37. The summed E-state index contributed by atoms with van der Waals surface area (Å²) in [6.45, 7) is 23.7. The first kappa shape index (κ1) is 49.3. The normalized spacial score (nSPS) is 13.4. The third kappa shape index (κ3) is 16.9. The second kappa shape index (κ2) is 22.9. The number of benzene rings is 2. The molecule has 2 atom stereocenters. The van der Waals surface area contributed by atoms with Gasteiger partial charge in [0, 0.05) is 42.2 Å². The first-order valence-corrected chi connectivity index (χ1v) is 23.6. The minimum Gasteiger partial charge on any atom is -0.460 e. The van der Waals surface area contributed by atoms with Crippen molar-refractivity contribution in [1.82, 2.24) is 0 Å². The zero-order valence-corrected chi connectivity index (χ0v) is 37.5. The van der Waals surface area contributed by atoms with Gasteiger partial charge in [0.1, 0.15) is 13.2 Å². The van der Waals surface area contributed by atoms with Crippen molar-refractivity contribution in [3.63, 3.8) is 0 Å². The number of hydrogen-bond acceptors (Lipinski definition) is 15. The van der Waals surface area contributed by atoms with Crippen molar-refractivity contribution in [3.8, 4) is 0 Å². The molecule has 0 saturated carbocycles. The zero-order chi connectivity index (χ0) is 41.7. The number of rotatable bonds is 24. The van der Waals surface area contributed by atoms with E-state index < -0.39 is 63.8 Å². The molecule has 55 heavy (non-hydrogen) atoms. The van der Waals surface area contributed by atoms with Gasteiger partial charge in [0.25, 0.3) is 0 Å². The Morgan fingerprint density at radius 1 is 0.618 bits per heavy atom. The first-order valence-electron chi connectivity index (χ1n) is 17.7. The molecule has 308 valence electrons. The van der Waals surface area contributed by atoms with Crippen molar-refractivity contribution in [2.45, 2.75) is 125 Å². The van der Waals surface area contributed by atoms with Crippen LogP contribution in [0.15, 0.2) is 80.3 Å². The van der Waals surface area contributed by atoms with E-state index >= 15 is 0 Å². The van der Waals surface area contributed by atoms with Gasteiger partial charge in [-0.1, -0.05) is 24.9 Å². The summed E-state index contributed by atoms with van der Waals surface area (Å²) < 4.78 is 63.2. The van der Waals surface area contributed by atoms with Crippen LogP contribution in [-0.4, -0.2) is 83.5 Å². The van der Waals surface area contributed by atoms with E-state index in [0.29, 0.717) is 30.2 Å².